The molecule has 0 spiro atoms. The van der Waals surface area contributed by atoms with Crippen LogP contribution < -0.4 is 15.4 Å². The average Bonchev–Trinajstić information content (AvgIpc) is 3.72. The van der Waals surface area contributed by atoms with Gasteiger partial charge in [0.25, 0.3) is 5.91 Å². The molecule has 1 aromatic heterocycles. The van der Waals surface area contributed by atoms with Crippen molar-refractivity contribution in [2.75, 3.05) is 20.2 Å². The first-order chi connectivity index (χ1) is 19.7. The Kier molecular flexibility index (Phi) is 8.30. The SMILES string of the molecule is COc1ccc(/C=C/C2CC2)c([C@H](C)NC(=O)[C@@H]2C[C@@H](O)CN2C(=O)CNC(=O)c2ccc3cc(F)ccc3n2)c1. The molecule has 0 radical (unpaired) electrons. The van der Waals surface area contributed by atoms with Gasteiger partial charge < -0.3 is 25.4 Å². The monoisotopic (exact) mass is 560 g/mol. The van der Waals surface area contributed by atoms with Gasteiger partial charge in [-0.05, 0) is 73.2 Å². The zero-order valence-electron chi connectivity index (χ0n) is 23.0. The number of ether oxygens (including phenoxy) is 1. The number of aromatic nitrogens is 1. The van der Waals surface area contributed by atoms with Gasteiger partial charge in [0.05, 0.1) is 31.3 Å². The second kappa shape index (κ2) is 12.1. The van der Waals surface area contributed by atoms with Gasteiger partial charge in [0.2, 0.25) is 11.8 Å². The second-order valence-electron chi connectivity index (χ2n) is 10.6. The lowest BCUT2D eigenvalue weighted by Gasteiger charge is -2.26. The number of halogens is 1. The van der Waals surface area contributed by atoms with Gasteiger partial charge in [0.15, 0.2) is 0 Å². The van der Waals surface area contributed by atoms with Crippen LogP contribution in [0.2, 0.25) is 0 Å². The summed E-state index contributed by atoms with van der Waals surface area (Å²) < 4.78 is 18.8. The molecule has 2 fully saturated rings. The van der Waals surface area contributed by atoms with E-state index in [0.717, 1.165) is 11.1 Å². The third-order valence-electron chi connectivity index (χ3n) is 7.48. The quantitative estimate of drug-likeness (QED) is 0.369. The van der Waals surface area contributed by atoms with Gasteiger partial charge in [-0.15, -0.1) is 0 Å². The summed E-state index contributed by atoms with van der Waals surface area (Å²) in [6.07, 6.45) is 5.83. The fourth-order valence-corrected chi connectivity index (χ4v) is 5.03. The molecule has 3 atom stereocenters. The molecule has 5 rings (SSSR count). The van der Waals surface area contributed by atoms with E-state index in [1.807, 2.05) is 25.1 Å². The molecule has 1 aliphatic carbocycles. The first kappa shape index (κ1) is 28.2. The maximum atomic E-state index is 13.4. The number of benzene rings is 2. The Labute approximate surface area is 237 Å². The molecule has 0 bridgehead atoms. The number of methoxy groups -OCH3 is 1. The van der Waals surface area contributed by atoms with Crippen molar-refractivity contribution in [3.63, 3.8) is 0 Å². The topological polar surface area (TPSA) is 121 Å². The number of allylic oxidation sites excluding steroid dienone is 1. The number of pyridine rings is 1. The van der Waals surface area contributed by atoms with Crippen LogP contribution in [0.25, 0.3) is 17.0 Å². The van der Waals surface area contributed by atoms with E-state index < -0.39 is 41.7 Å². The zero-order chi connectivity index (χ0) is 29.1. The summed E-state index contributed by atoms with van der Waals surface area (Å²) >= 11 is 0. The number of aliphatic hydroxyl groups is 1. The van der Waals surface area contributed by atoms with Crippen molar-refractivity contribution < 1.29 is 28.6 Å². The molecule has 3 aromatic rings. The number of likely N-dealkylation sites (tertiary alicyclic amines) is 1. The minimum atomic E-state index is -0.887. The first-order valence-corrected chi connectivity index (χ1v) is 13.7. The molecule has 1 aliphatic heterocycles. The molecule has 41 heavy (non-hydrogen) atoms. The molecular formula is C31H33FN4O5. The Balaban J connectivity index is 1.23. The average molecular weight is 561 g/mol. The smallest absolute Gasteiger partial charge is 0.270 e. The van der Waals surface area contributed by atoms with Crippen LogP contribution in [0, 0.1) is 11.7 Å². The number of β-amino-alcohol motifs (C(OH)–C–C–N with tert-alkyl or cyclic N) is 1. The molecule has 214 valence electrons. The van der Waals surface area contributed by atoms with E-state index in [1.54, 1.807) is 13.2 Å². The number of carbonyl (C=O) groups is 3. The highest BCUT2D eigenvalue weighted by Crippen LogP contribution is 2.32. The van der Waals surface area contributed by atoms with Crippen molar-refractivity contribution in [1.29, 1.82) is 0 Å². The van der Waals surface area contributed by atoms with Gasteiger partial charge in [-0.2, -0.15) is 0 Å². The fourth-order valence-electron chi connectivity index (χ4n) is 5.03. The summed E-state index contributed by atoms with van der Waals surface area (Å²) in [4.78, 5) is 44.6. The van der Waals surface area contributed by atoms with E-state index in [9.17, 15) is 23.9 Å². The number of nitrogens with zero attached hydrogens (tertiary/aromatic N) is 2. The predicted molar refractivity (Wildman–Crippen MR) is 151 cm³/mol. The van der Waals surface area contributed by atoms with Crippen molar-refractivity contribution in [3.05, 3.63) is 77.2 Å². The van der Waals surface area contributed by atoms with Crippen LogP contribution in [0.1, 0.15) is 53.8 Å². The molecule has 1 saturated carbocycles. The molecule has 2 aromatic carbocycles. The number of rotatable bonds is 9. The van der Waals surface area contributed by atoms with Gasteiger partial charge >= 0.3 is 0 Å². The molecule has 3 N–H and O–H groups in total. The maximum Gasteiger partial charge on any atom is 0.270 e. The van der Waals surface area contributed by atoms with Gasteiger partial charge in [-0.25, -0.2) is 9.37 Å². The van der Waals surface area contributed by atoms with E-state index in [2.05, 4.69) is 27.8 Å². The first-order valence-electron chi connectivity index (χ1n) is 13.7. The Hall–Kier alpha value is -4.31. The van der Waals surface area contributed by atoms with Crippen LogP contribution in [-0.2, 0) is 9.59 Å². The third kappa shape index (κ3) is 6.71. The van der Waals surface area contributed by atoms with Crippen LogP contribution in [0.15, 0.2) is 54.6 Å². The van der Waals surface area contributed by atoms with Gasteiger partial charge in [0, 0.05) is 18.4 Å². The standard InChI is InChI=1S/C31H33FN4O5/c1-18(25-15-24(41-2)10-7-20(25)6-5-19-3-4-19)34-31(40)28-14-23(37)17-36(28)29(38)16-33-30(39)27-11-8-21-13-22(32)9-12-26(21)35-27/h5-13,15,18-19,23,28,37H,3-4,14,16-17H2,1-2H3,(H,33,39)(H,34,40)/b6-5+/t18-,23+,28-/m0/s1. The number of aliphatic hydroxyl groups excluding tert-OH is 1. The van der Waals surface area contributed by atoms with Crippen LogP contribution in [0.3, 0.4) is 0 Å². The molecule has 2 heterocycles. The highest BCUT2D eigenvalue weighted by molar-refractivity contribution is 5.97. The van der Waals surface area contributed by atoms with Crippen molar-refractivity contribution in [2.24, 2.45) is 5.92 Å². The largest absolute Gasteiger partial charge is 0.497 e. The minimum absolute atomic E-state index is 0.0184. The minimum Gasteiger partial charge on any atom is -0.497 e. The number of carbonyl (C=O) groups excluding carboxylic acids is 3. The summed E-state index contributed by atoms with van der Waals surface area (Å²) in [7, 11) is 1.58. The van der Waals surface area contributed by atoms with Crippen molar-refractivity contribution >= 4 is 34.7 Å². The number of amides is 3. The highest BCUT2D eigenvalue weighted by atomic mass is 19.1. The summed E-state index contributed by atoms with van der Waals surface area (Å²) in [5.74, 6) is -0.615. The van der Waals surface area contributed by atoms with Crippen LogP contribution in [0.5, 0.6) is 5.75 Å². The van der Waals surface area contributed by atoms with Gasteiger partial charge in [-0.1, -0.05) is 24.3 Å². The van der Waals surface area contributed by atoms with Crippen LogP contribution >= 0.6 is 0 Å². The normalized spacial score (nSPS) is 19.4. The maximum absolute atomic E-state index is 13.4. The Bertz CT molecular complexity index is 1510. The summed E-state index contributed by atoms with van der Waals surface area (Å²) in [5, 5.41) is 16.4. The summed E-state index contributed by atoms with van der Waals surface area (Å²) in [5.41, 5.74) is 2.37. The molecule has 2 aliphatic rings. The third-order valence-corrected chi connectivity index (χ3v) is 7.48. The number of nitrogens with one attached hydrogen (secondary N) is 2. The van der Waals surface area contributed by atoms with Crippen molar-refractivity contribution in [3.8, 4) is 5.75 Å². The fraction of sp³-hybridized carbons (Fsp3) is 0.355. The van der Waals surface area contributed by atoms with Crippen molar-refractivity contribution in [2.45, 2.75) is 44.4 Å². The van der Waals surface area contributed by atoms with Crippen LogP contribution in [0.4, 0.5) is 4.39 Å². The highest BCUT2D eigenvalue weighted by Gasteiger charge is 2.39. The number of fused-ring (bicyclic) bond motifs is 1. The van der Waals surface area contributed by atoms with E-state index in [0.29, 0.717) is 22.6 Å². The number of hydrogen-bond donors (Lipinski definition) is 3. The Morgan fingerprint density at radius 3 is 2.73 bits per heavy atom. The summed E-state index contributed by atoms with van der Waals surface area (Å²) in [6.45, 7) is 1.47. The van der Waals surface area contributed by atoms with Crippen molar-refractivity contribution in [1.82, 2.24) is 20.5 Å². The van der Waals surface area contributed by atoms with Gasteiger partial charge in [0.1, 0.15) is 23.3 Å². The van der Waals surface area contributed by atoms with Crippen LogP contribution in [-0.4, -0.2) is 65.1 Å². The van der Waals surface area contributed by atoms with E-state index in [-0.39, 0.29) is 25.2 Å². The molecule has 10 heteroatoms. The number of hydrogen-bond acceptors (Lipinski definition) is 6. The lowest BCUT2D eigenvalue weighted by molar-refractivity contribution is -0.138. The second-order valence-corrected chi connectivity index (χ2v) is 10.6. The van der Waals surface area contributed by atoms with E-state index >= 15 is 0 Å². The van der Waals surface area contributed by atoms with E-state index in [1.165, 1.54) is 42.0 Å². The Morgan fingerprint density at radius 1 is 1.17 bits per heavy atom. The lowest BCUT2D eigenvalue weighted by Crippen LogP contribution is -2.49. The summed E-state index contributed by atoms with van der Waals surface area (Å²) in [6, 6.07) is 11.5. The molecule has 9 nitrogen and oxygen atoms in total. The van der Waals surface area contributed by atoms with Gasteiger partial charge in [-0.3, -0.25) is 14.4 Å². The Morgan fingerprint density at radius 2 is 1.98 bits per heavy atom. The molecule has 1 saturated heterocycles. The predicted octanol–water partition coefficient (Wildman–Crippen LogP) is 3.37. The zero-order valence-corrected chi connectivity index (χ0v) is 23.0. The van der Waals surface area contributed by atoms with E-state index in [4.69, 9.17) is 4.74 Å². The molecule has 0 unspecified atom stereocenters. The lowest BCUT2D eigenvalue weighted by atomic mass is 9.99. The molecular weight excluding hydrogens is 527 g/mol. The molecule has 3 amide bonds.